The minimum atomic E-state index is -1.26. The SMILES string of the molecule is CC(C)(C)[S@](=O)N[C@@H](CP(c1ccccc1)c1ccccc1)c1ccccc1-c1c2ccccc2cc2ccccc12. The van der Waals surface area contributed by atoms with Gasteiger partial charge in [-0.3, -0.25) is 0 Å². The van der Waals surface area contributed by atoms with E-state index >= 15 is 0 Å². The first-order valence-electron chi connectivity index (χ1n) is 14.5. The molecule has 0 fully saturated rings. The third-order valence-corrected chi connectivity index (χ3v) is 11.9. The second kappa shape index (κ2) is 12.3. The smallest absolute Gasteiger partial charge is 0.0976 e. The first-order valence-corrected chi connectivity index (χ1v) is 17.1. The predicted molar refractivity (Wildman–Crippen MR) is 185 cm³/mol. The van der Waals surface area contributed by atoms with Gasteiger partial charge in [0.05, 0.1) is 15.7 Å². The number of hydrogen-bond donors (Lipinski definition) is 1. The van der Waals surface area contributed by atoms with Crippen LogP contribution in [0.3, 0.4) is 0 Å². The number of nitrogens with one attached hydrogen (secondary N) is 1. The Morgan fingerprint density at radius 3 is 1.67 bits per heavy atom. The van der Waals surface area contributed by atoms with Crippen molar-refractivity contribution in [1.29, 1.82) is 0 Å². The van der Waals surface area contributed by atoms with E-state index < -0.39 is 23.7 Å². The van der Waals surface area contributed by atoms with Crippen molar-refractivity contribution in [2.24, 2.45) is 0 Å². The van der Waals surface area contributed by atoms with Crippen molar-refractivity contribution in [3.05, 3.63) is 145 Å². The fourth-order valence-corrected chi connectivity index (χ4v) is 8.98. The molecule has 4 heteroatoms. The van der Waals surface area contributed by atoms with E-state index in [0.717, 1.165) is 6.16 Å². The van der Waals surface area contributed by atoms with Crippen molar-refractivity contribution in [2.75, 3.05) is 6.16 Å². The van der Waals surface area contributed by atoms with Crippen molar-refractivity contribution < 1.29 is 4.21 Å². The largest absolute Gasteiger partial charge is 0.242 e. The Morgan fingerprint density at radius 2 is 1.12 bits per heavy atom. The van der Waals surface area contributed by atoms with Gasteiger partial charge in [0, 0.05) is 6.04 Å². The zero-order chi connectivity index (χ0) is 29.1. The van der Waals surface area contributed by atoms with Crippen LogP contribution < -0.4 is 15.3 Å². The van der Waals surface area contributed by atoms with Crippen LogP contribution in [0.5, 0.6) is 0 Å². The van der Waals surface area contributed by atoms with Crippen molar-refractivity contribution in [1.82, 2.24) is 4.72 Å². The summed E-state index contributed by atoms with van der Waals surface area (Å²) in [6, 6.07) is 49.8. The number of benzene rings is 6. The van der Waals surface area contributed by atoms with Crippen LogP contribution in [0.15, 0.2) is 140 Å². The highest BCUT2D eigenvalue weighted by Crippen LogP contribution is 2.43. The molecule has 0 radical (unpaired) electrons. The zero-order valence-electron chi connectivity index (χ0n) is 24.3. The topological polar surface area (TPSA) is 29.1 Å². The average Bonchev–Trinajstić information content (AvgIpc) is 3.02. The van der Waals surface area contributed by atoms with Gasteiger partial charge in [-0.25, -0.2) is 8.93 Å². The van der Waals surface area contributed by atoms with Crippen LogP contribution in [0, 0.1) is 0 Å². The second-order valence-corrected chi connectivity index (χ2v) is 15.9. The van der Waals surface area contributed by atoms with Crippen molar-refractivity contribution in [2.45, 2.75) is 31.6 Å². The van der Waals surface area contributed by atoms with Gasteiger partial charge in [-0.15, -0.1) is 0 Å². The third kappa shape index (κ3) is 5.96. The minimum absolute atomic E-state index is 0.134. The molecule has 42 heavy (non-hydrogen) atoms. The van der Waals surface area contributed by atoms with E-state index in [4.69, 9.17) is 0 Å². The molecule has 0 aliphatic rings. The molecule has 6 aromatic carbocycles. The van der Waals surface area contributed by atoms with Gasteiger partial charge in [-0.05, 0) is 89.8 Å². The Kier molecular flexibility index (Phi) is 8.36. The molecule has 0 aromatic heterocycles. The van der Waals surface area contributed by atoms with E-state index in [1.165, 1.54) is 48.8 Å². The molecule has 0 heterocycles. The van der Waals surface area contributed by atoms with Gasteiger partial charge in [-0.1, -0.05) is 133 Å². The van der Waals surface area contributed by atoms with E-state index in [0.29, 0.717) is 0 Å². The van der Waals surface area contributed by atoms with Gasteiger partial charge >= 0.3 is 0 Å². The maximum atomic E-state index is 13.8. The zero-order valence-corrected chi connectivity index (χ0v) is 26.0. The second-order valence-electron chi connectivity index (χ2n) is 11.6. The summed E-state index contributed by atoms with van der Waals surface area (Å²) < 4.78 is 17.0. The Bertz CT molecular complexity index is 1750. The van der Waals surface area contributed by atoms with E-state index in [2.05, 4.69) is 144 Å². The minimum Gasteiger partial charge on any atom is -0.242 e. The molecular weight excluding hydrogens is 549 g/mol. The number of hydrogen-bond acceptors (Lipinski definition) is 1. The lowest BCUT2D eigenvalue weighted by Gasteiger charge is -2.30. The summed E-state index contributed by atoms with van der Waals surface area (Å²) in [6.45, 7) is 6.11. The van der Waals surface area contributed by atoms with E-state index in [1.807, 2.05) is 20.8 Å². The van der Waals surface area contributed by atoms with Crippen LogP contribution in [-0.2, 0) is 11.0 Å². The van der Waals surface area contributed by atoms with E-state index in [-0.39, 0.29) is 6.04 Å². The van der Waals surface area contributed by atoms with E-state index in [1.54, 1.807) is 0 Å². The van der Waals surface area contributed by atoms with Crippen LogP contribution in [0.1, 0.15) is 32.4 Å². The van der Waals surface area contributed by atoms with Gasteiger partial charge in [0.15, 0.2) is 0 Å². The standard InChI is InChI=1S/C38H36NOPS/c1-38(2,3)42(40)39-36(27-41(30-18-6-4-7-19-30)31-20-8-5-9-21-31)34-24-14-15-25-35(34)37-32-22-12-10-16-28(32)26-29-17-11-13-23-33(29)37/h4-26,36,39H,27H2,1-3H3/t36-,42-/m0/s1. The highest BCUT2D eigenvalue weighted by atomic mass is 32.2. The molecule has 0 spiro atoms. The Morgan fingerprint density at radius 1 is 0.643 bits per heavy atom. The molecule has 0 saturated heterocycles. The van der Waals surface area contributed by atoms with Crippen LogP contribution in [-0.4, -0.2) is 15.1 Å². The molecule has 0 bridgehead atoms. The highest BCUT2D eigenvalue weighted by Gasteiger charge is 2.29. The van der Waals surface area contributed by atoms with E-state index in [9.17, 15) is 4.21 Å². The first-order chi connectivity index (χ1) is 20.4. The number of rotatable bonds is 8. The molecule has 0 unspecified atom stereocenters. The summed E-state index contributed by atoms with van der Waals surface area (Å²) in [5, 5.41) is 7.54. The lowest BCUT2D eigenvalue weighted by molar-refractivity contribution is 0.618. The molecule has 0 aliphatic heterocycles. The van der Waals surface area contributed by atoms with Crippen LogP contribution in [0.4, 0.5) is 0 Å². The normalized spacial score (nSPS) is 13.4. The lowest BCUT2D eigenvalue weighted by atomic mass is 9.88. The fourth-order valence-electron chi connectivity index (χ4n) is 5.60. The van der Waals surface area contributed by atoms with Crippen LogP contribution in [0.25, 0.3) is 32.7 Å². The molecule has 0 aliphatic carbocycles. The van der Waals surface area contributed by atoms with Crippen LogP contribution >= 0.6 is 7.92 Å². The van der Waals surface area contributed by atoms with Gasteiger partial charge in [-0.2, -0.15) is 0 Å². The quantitative estimate of drug-likeness (QED) is 0.140. The summed E-state index contributed by atoms with van der Waals surface area (Å²) in [5.74, 6) is 0. The molecular formula is C38H36NOPS. The summed E-state index contributed by atoms with van der Waals surface area (Å²) in [4.78, 5) is 0. The maximum absolute atomic E-state index is 13.8. The number of fused-ring (bicyclic) bond motifs is 2. The van der Waals surface area contributed by atoms with Gasteiger partial charge < -0.3 is 0 Å². The Balaban J connectivity index is 1.56. The summed E-state index contributed by atoms with van der Waals surface area (Å²) in [5.41, 5.74) is 3.59. The Hall–Kier alpha value is -3.62. The maximum Gasteiger partial charge on any atom is 0.0976 e. The van der Waals surface area contributed by atoms with Crippen molar-refractivity contribution >= 4 is 51.1 Å². The van der Waals surface area contributed by atoms with Gasteiger partial charge in [0.1, 0.15) is 0 Å². The van der Waals surface area contributed by atoms with Crippen LogP contribution in [0.2, 0.25) is 0 Å². The predicted octanol–water partition coefficient (Wildman–Crippen LogP) is 8.89. The fraction of sp³-hybridized carbons (Fsp3) is 0.158. The molecule has 6 aromatic rings. The third-order valence-electron chi connectivity index (χ3n) is 7.68. The summed E-state index contributed by atoms with van der Waals surface area (Å²) >= 11 is 0. The summed E-state index contributed by atoms with van der Waals surface area (Å²) in [6.07, 6.45) is 0.824. The molecule has 2 atom stereocenters. The first kappa shape index (κ1) is 28.5. The molecule has 2 nitrogen and oxygen atoms in total. The average molecular weight is 586 g/mol. The molecule has 0 amide bonds. The molecule has 6 rings (SSSR count). The van der Waals surface area contributed by atoms with Gasteiger partial charge in [0.25, 0.3) is 0 Å². The molecule has 0 saturated carbocycles. The molecule has 1 N–H and O–H groups in total. The van der Waals surface area contributed by atoms with Crippen molar-refractivity contribution in [3.63, 3.8) is 0 Å². The highest BCUT2D eigenvalue weighted by molar-refractivity contribution is 7.84. The monoisotopic (exact) mass is 585 g/mol. The van der Waals surface area contributed by atoms with Gasteiger partial charge in [0.2, 0.25) is 0 Å². The Labute approximate surface area is 253 Å². The lowest BCUT2D eigenvalue weighted by Crippen LogP contribution is -2.37. The summed E-state index contributed by atoms with van der Waals surface area (Å²) in [7, 11) is -1.98. The van der Waals surface area contributed by atoms with Crippen molar-refractivity contribution in [3.8, 4) is 11.1 Å². The molecule has 210 valence electrons.